The standard InChI is InChI=1S/C14H16FNO2/c1-9(2)7-14(18)16-6-5-13(17)11-8-10(15)3-4-12(11)16/h3-4,8-9H,5-7H2,1-2H3. The molecule has 2 rings (SSSR count). The number of Topliss-reactive ketones (excluding diaryl/α,β-unsaturated/α-hetero) is 1. The van der Waals surface area contributed by atoms with Crippen LogP contribution in [-0.2, 0) is 4.79 Å². The maximum atomic E-state index is 13.2. The lowest BCUT2D eigenvalue weighted by molar-refractivity contribution is -0.119. The lowest BCUT2D eigenvalue weighted by Crippen LogP contribution is -2.38. The normalized spacial score (nSPS) is 14.9. The Kier molecular flexibility index (Phi) is 3.45. The number of anilines is 1. The largest absolute Gasteiger partial charge is 0.311 e. The van der Waals surface area contributed by atoms with Crippen molar-refractivity contribution in [1.29, 1.82) is 0 Å². The fourth-order valence-electron chi connectivity index (χ4n) is 2.15. The molecule has 0 radical (unpaired) electrons. The number of hydrogen-bond acceptors (Lipinski definition) is 2. The number of hydrogen-bond donors (Lipinski definition) is 0. The molecule has 1 aromatic carbocycles. The maximum absolute atomic E-state index is 13.2. The van der Waals surface area contributed by atoms with Gasteiger partial charge in [-0.1, -0.05) is 13.8 Å². The van der Waals surface area contributed by atoms with Crippen LogP contribution >= 0.6 is 0 Å². The average molecular weight is 249 g/mol. The molecule has 0 aromatic heterocycles. The predicted octanol–water partition coefficient (Wildman–Crippen LogP) is 2.79. The highest BCUT2D eigenvalue weighted by atomic mass is 19.1. The zero-order chi connectivity index (χ0) is 13.3. The van der Waals surface area contributed by atoms with Crippen LogP contribution in [0, 0.1) is 11.7 Å². The average Bonchev–Trinajstić information content (AvgIpc) is 2.29. The van der Waals surface area contributed by atoms with Crippen LogP contribution in [0.1, 0.15) is 37.0 Å². The van der Waals surface area contributed by atoms with Gasteiger partial charge in [0.25, 0.3) is 0 Å². The van der Waals surface area contributed by atoms with E-state index < -0.39 is 5.82 Å². The third-order valence-electron chi connectivity index (χ3n) is 3.00. The summed E-state index contributed by atoms with van der Waals surface area (Å²) in [6.45, 7) is 4.33. The van der Waals surface area contributed by atoms with Gasteiger partial charge in [-0.15, -0.1) is 0 Å². The smallest absolute Gasteiger partial charge is 0.227 e. The van der Waals surface area contributed by atoms with Gasteiger partial charge in [-0.05, 0) is 24.1 Å². The van der Waals surface area contributed by atoms with Gasteiger partial charge in [0.2, 0.25) is 5.91 Å². The van der Waals surface area contributed by atoms with Gasteiger partial charge >= 0.3 is 0 Å². The molecule has 1 aromatic rings. The number of ketones is 1. The van der Waals surface area contributed by atoms with E-state index in [1.54, 1.807) is 4.90 Å². The van der Waals surface area contributed by atoms with Gasteiger partial charge in [-0.3, -0.25) is 9.59 Å². The second-order valence-electron chi connectivity index (χ2n) is 4.98. The van der Waals surface area contributed by atoms with Crippen molar-refractivity contribution < 1.29 is 14.0 Å². The first-order valence-electron chi connectivity index (χ1n) is 6.12. The van der Waals surface area contributed by atoms with E-state index in [-0.39, 0.29) is 24.0 Å². The molecule has 1 amide bonds. The molecule has 0 fully saturated rings. The van der Waals surface area contributed by atoms with E-state index in [0.717, 1.165) is 0 Å². The number of halogens is 1. The van der Waals surface area contributed by atoms with Gasteiger partial charge in [-0.25, -0.2) is 4.39 Å². The Hall–Kier alpha value is -1.71. The topological polar surface area (TPSA) is 37.4 Å². The highest BCUT2D eigenvalue weighted by Crippen LogP contribution is 2.28. The summed E-state index contributed by atoms with van der Waals surface area (Å²) in [5, 5.41) is 0. The summed E-state index contributed by atoms with van der Waals surface area (Å²) >= 11 is 0. The quantitative estimate of drug-likeness (QED) is 0.808. The fraction of sp³-hybridized carbons (Fsp3) is 0.429. The Balaban J connectivity index is 2.34. The SMILES string of the molecule is CC(C)CC(=O)N1CCC(=O)c2cc(F)ccc21. The minimum atomic E-state index is -0.444. The molecule has 0 atom stereocenters. The van der Waals surface area contributed by atoms with E-state index in [1.165, 1.54) is 18.2 Å². The molecular formula is C14H16FNO2. The van der Waals surface area contributed by atoms with E-state index in [9.17, 15) is 14.0 Å². The summed E-state index contributed by atoms with van der Waals surface area (Å²) in [6.07, 6.45) is 0.700. The second-order valence-corrected chi connectivity index (χ2v) is 4.98. The summed E-state index contributed by atoms with van der Waals surface area (Å²) in [5.41, 5.74) is 0.858. The van der Waals surface area contributed by atoms with Crippen LogP contribution in [0.25, 0.3) is 0 Å². The summed E-state index contributed by atoms with van der Waals surface area (Å²) in [6, 6.07) is 4.01. The second kappa shape index (κ2) is 4.88. The summed E-state index contributed by atoms with van der Waals surface area (Å²) in [7, 11) is 0. The van der Waals surface area contributed by atoms with Crippen LogP contribution in [0.15, 0.2) is 18.2 Å². The molecule has 0 N–H and O–H groups in total. The molecule has 1 aliphatic heterocycles. The van der Waals surface area contributed by atoms with Gasteiger partial charge in [0, 0.05) is 24.9 Å². The first-order valence-corrected chi connectivity index (χ1v) is 6.12. The Bertz CT molecular complexity index is 497. The van der Waals surface area contributed by atoms with Crippen LogP contribution in [0.5, 0.6) is 0 Å². The van der Waals surface area contributed by atoms with Crippen LogP contribution < -0.4 is 4.90 Å². The van der Waals surface area contributed by atoms with Crippen molar-refractivity contribution in [3.8, 4) is 0 Å². The first kappa shape index (κ1) is 12.7. The van der Waals surface area contributed by atoms with Crippen molar-refractivity contribution >= 4 is 17.4 Å². The molecule has 0 saturated heterocycles. The minimum absolute atomic E-state index is 0.00893. The Labute approximate surface area is 106 Å². The monoisotopic (exact) mass is 249 g/mol. The van der Waals surface area contributed by atoms with Gasteiger partial charge in [0.15, 0.2) is 5.78 Å². The lowest BCUT2D eigenvalue weighted by Gasteiger charge is -2.29. The first-order chi connectivity index (χ1) is 8.49. The van der Waals surface area contributed by atoms with E-state index in [0.29, 0.717) is 24.2 Å². The number of carbonyl (C=O) groups is 2. The van der Waals surface area contributed by atoms with Gasteiger partial charge in [0.05, 0.1) is 5.69 Å². The molecule has 0 bridgehead atoms. The fourth-order valence-corrected chi connectivity index (χ4v) is 2.15. The minimum Gasteiger partial charge on any atom is -0.311 e. The van der Waals surface area contributed by atoms with Crippen molar-refractivity contribution in [2.45, 2.75) is 26.7 Å². The zero-order valence-electron chi connectivity index (χ0n) is 10.6. The Morgan fingerprint density at radius 3 is 2.83 bits per heavy atom. The van der Waals surface area contributed by atoms with Gasteiger partial charge < -0.3 is 4.90 Å². The van der Waals surface area contributed by atoms with Crippen molar-refractivity contribution in [3.05, 3.63) is 29.6 Å². The number of amides is 1. The van der Waals surface area contributed by atoms with Gasteiger partial charge in [-0.2, -0.15) is 0 Å². The maximum Gasteiger partial charge on any atom is 0.227 e. The summed E-state index contributed by atoms with van der Waals surface area (Å²) < 4.78 is 13.2. The molecule has 0 unspecified atom stereocenters. The number of fused-ring (bicyclic) bond motifs is 1. The Morgan fingerprint density at radius 2 is 2.17 bits per heavy atom. The molecular weight excluding hydrogens is 233 g/mol. The lowest BCUT2D eigenvalue weighted by atomic mass is 9.99. The van der Waals surface area contributed by atoms with Crippen molar-refractivity contribution in [1.82, 2.24) is 0 Å². The molecule has 3 nitrogen and oxygen atoms in total. The number of benzene rings is 1. The van der Waals surface area contributed by atoms with Crippen LogP contribution in [0.2, 0.25) is 0 Å². The molecule has 1 heterocycles. The highest BCUT2D eigenvalue weighted by Gasteiger charge is 2.27. The molecule has 96 valence electrons. The molecule has 0 spiro atoms. The third kappa shape index (κ3) is 2.42. The van der Waals surface area contributed by atoms with Crippen LogP contribution in [0.4, 0.5) is 10.1 Å². The number of nitrogens with zero attached hydrogens (tertiary/aromatic N) is 1. The van der Waals surface area contributed by atoms with Crippen molar-refractivity contribution in [3.63, 3.8) is 0 Å². The number of carbonyl (C=O) groups excluding carboxylic acids is 2. The molecule has 18 heavy (non-hydrogen) atoms. The third-order valence-corrected chi connectivity index (χ3v) is 3.00. The molecule has 0 aliphatic carbocycles. The van der Waals surface area contributed by atoms with E-state index in [1.807, 2.05) is 13.8 Å². The van der Waals surface area contributed by atoms with Crippen molar-refractivity contribution in [2.24, 2.45) is 5.92 Å². The van der Waals surface area contributed by atoms with Crippen LogP contribution in [-0.4, -0.2) is 18.2 Å². The Morgan fingerprint density at radius 1 is 1.44 bits per heavy atom. The summed E-state index contributed by atoms with van der Waals surface area (Å²) in [4.78, 5) is 25.4. The van der Waals surface area contributed by atoms with Crippen LogP contribution in [0.3, 0.4) is 0 Å². The van der Waals surface area contributed by atoms with Gasteiger partial charge in [0.1, 0.15) is 5.82 Å². The van der Waals surface area contributed by atoms with Crippen molar-refractivity contribution in [2.75, 3.05) is 11.4 Å². The predicted molar refractivity (Wildman–Crippen MR) is 67.2 cm³/mol. The van der Waals surface area contributed by atoms with E-state index in [4.69, 9.17) is 0 Å². The molecule has 1 aliphatic rings. The van der Waals surface area contributed by atoms with E-state index in [2.05, 4.69) is 0 Å². The van der Waals surface area contributed by atoms with E-state index >= 15 is 0 Å². The highest BCUT2D eigenvalue weighted by molar-refractivity contribution is 6.08. The number of rotatable bonds is 2. The summed E-state index contributed by atoms with van der Waals surface area (Å²) in [5.74, 6) is -0.289. The molecule has 4 heteroatoms. The zero-order valence-corrected chi connectivity index (χ0v) is 10.6. The molecule has 0 saturated carbocycles.